The van der Waals surface area contributed by atoms with Crippen LogP contribution in [-0.2, 0) is 0 Å². The first kappa shape index (κ1) is 12.6. The lowest BCUT2D eigenvalue weighted by atomic mass is 10.2. The minimum absolute atomic E-state index is 0.0844. The third kappa shape index (κ3) is 2.68. The van der Waals surface area contributed by atoms with Crippen LogP contribution in [0.15, 0.2) is 38.0 Å². The number of H-pyrrole nitrogens is 2. The van der Waals surface area contributed by atoms with Crippen LogP contribution >= 0.6 is 0 Å². The first-order chi connectivity index (χ1) is 8.97. The number of nitrogens with one attached hydrogen (secondary N) is 2. The number of nitrogens with zero attached hydrogens (tertiary/aromatic N) is 2. The van der Waals surface area contributed by atoms with E-state index in [2.05, 4.69) is 10.2 Å². The maximum atomic E-state index is 11.4. The van der Waals surface area contributed by atoms with Gasteiger partial charge in [0.15, 0.2) is 0 Å². The summed E-state index contributed by atoms with van der Waals surface area (Å²) < 4.78 is 0. The number of phenolic OH excluding ortho intramolecular Hbond substituents is 1. The summed E-state index contributed by atoms with van der Waals surface area (Å²) in [4.78, 5) is 26.2. The van der Waals surface area contributed by atoms with Crippen LogP contribution < -0.4 is 11.2 Å². The van der Waals surface area contributed by atoms with Crippen molar-refractivity contribution in [3.8, 4) is 11.6 Å². The van der Waals surface area contributed by atoms with E-state index in [0.717, 1.165) is 0 Å². The second-order valence-electron chi connectivity index (χ2n) is 3.78. The maximum absolute atomic E-state index is 11.4. The Morgan fingerprint density at radius 1 is 1.11 bits per heavy atom. The van der Waals surface area contributed by atoms with Gasteiger partial charge in [-0.2, -0.15) is 0 Å². The molecular weight excluding hydrogens is 252 g/mol. The summed E-state index contributed by atoms with van der Waals surface area (Å²) in [6.45, 7) is 1.70. The second-order valence-corrected chi connectivity index (χ2v) is 3.78. The smallest absolute Gasteiger partial charge is 0.328 e. The van der Waals surface area contributed by atoms with Gasteiger partial charge in [-0.25, -0.2) is 4.79 Å². The number of hydrogen-bond acceptors (Lipinski definition) is 6. The highest BCUT2D eigenvalue weighted by Gasteiger charge is 2.07. The summed E-state index contributed by atoms with van der Waals surface area (Å²) in [6.07, 6.45) is 0. The molecule has 0 aliphatic carbocycles. The lowest BCUT2D eigenvalue weighted by molar-refractivity contribution is 0.450. The third-order valence-corrected chi connectivity index (χ3v) is 2.34. The Morgan fingerprint density at radius 2 is 1.84 bits per heavy atom. The van der Waals surface area contributed by atoms with Gasteiger partial charge in [0.05, 0.1) is 5.69 Å². The molecule has 2 aromatic rings. The van der Waals surface area contributed by atoms with Gasteiger partial charge in [-0.3, -0.25) is 14.8 Å². The minimum atomic E-state index is -0.846. The van der Waals surface area contributed by atoms with Crippen molar-refractivity contribution in [3.05, 3.63) is 44.6 Å². The van der Waals surface area contributed by atoms with Crippen molar-refractivity contribution >= 4 is 11.4 Å². The van der Waals surface area contributed by atoms with Crippen molar-refractivity contribution in [2.24, 2.45) is 10.2 Å². The van der Waals surface area contributed by atoms with E-state index in [1.54, 1.807) is 6.92 Å². The quantitative estimate of drug-likeness (QED) is 0.605. The zero-order valence-electron chi connectivity index (χ0n) is 9.84. The number of phenols is 1. The van der Waals surface area contributed by atoms with Crippen LogP contribution in [0.2, 0.25) is 0 Å². The zero-order chi connectivity index (χ0) is 14.0. The predicted molar refractivity (Wildman–Crippen MR) is 66.4 cm³/mol. The van der Waals surface area contributed by atoms with Crippen molar-refractivity contribution in [1.82, 2.24) is 9.97 Å². The first-order valence-electron chi connectivity index (χ1n) is 5.24. The molecule has 4 N–H and O–H groups in total. The number of rotatable bonds is 2. The molecule has 0 bridgehead atoms. The third-order valence-electron chi connectivity index (χ3n) is 2.34. The molecule has 0 saturated carbocycles. The molecule has 19 heavy (non-hydrogen) atoms. The highest BCUT2D eigenvalue weighted by atomic mass is 16.3. The predicted octanol–water partition coefficient (Wildman–Crippen LogP) is 1.20. The van der Waals surface area contributed by atoms with Gasteiger partial charge in [-0.15, -0.1) is 10.2 Å². The van der Waals surface area contributed by atoms with Crippen LogP contribution in [0.3, 0.4) is 0 Å². The molecule has 0 unspecified atom stereocenters. The van der Waals surface area contributed by atoms with Crippen LogP contribution in [0.25, 0.3) is 0 Å². The van der Waals surface area contributed by atoms with Crippen molar-refractivity contribution in [2.45, 2.75) is 6.92 Å². The van der Waals surface area contributed by atoms with E-state index in [1.165, 1.54) is 18.2 Å². The molecule has 0 spiro atoms. The molecular formula is C11H10N4O4. The molecule has 1 aromatic carbocycles. The van der Waals surface area contributed by atoms with E-state index >= 15 is 0 Å². The van der Waals surface area contributed by atoms with E-state index in [-0.39, 0.29) is 5.75 Å². The number of aryl methyl sites for hydroxylation is 1. The molecule has 0 aliphatic heterocycles. The van der Waals surface area contributed by atoms with Crippen molar-refractivity contribution < 1.29 is 10.2 Å². The molecule has 0 saturated heterocycles. The van der Waals surface area contributed by atoms with E-state index in [9.17, 15) is 19.8 Å². The molecule has 0 radical (unpaired) electrons. The topological polar surface area (TPSA) is 131 Å². The highest BCUT2D eigenvalue weighted by molar-refractivity contribution is 5.49. The first-order valence-corrected chi connectivity index (χ1v) is 5.24. The van der Waals surface area contributed by atoms with Gasteiger partial charge in [0.1, 0.15) is 5.75 Å². The Labute approximate surface area is 106 Å². The Morgan fingerprint density at radius 3 is 2.47 bits per heavy atom. The largest absolute Gasteiger partial charge is 0.508 e. The summed E-state index contributed by atoms with van der Waals surface area (Å²) in [7, 11) is 0. The van der Waals surface area contributed by atoms with Crippen LogP contribution in [0, 0.1) is 6.92 Å². The molecule has 98 valence electrons. The average molecular weight is 262 g/mol. The summed E-state index contributed by atoms with van der Waals surface area (Å²) in [5.41, 5.74) is -1.01. The number of benzene rings is 1. The molecule has 8 heteroatoms. The fourth-order valence-electron chi connectivity index (χ4n) is 1.42. The van der Waals surface area contributed by atoms with Gasteiger partial charge >= 0.3 is 5.69 Å². The summed E-state index contributed by atoms with van der Waals surface area (Å²) >= 11 is 0. The summed E-state index contributed by atoms with van der Waals surface area (Å²) in [5, 5.41) is 26.0. The van der Waals surface area contributed by atoms with Gasteiger partial charge in [-0.05, 0) is 30.7 Å². The van der Waals surface area contributed by atoms with Gasteiger partial charge in [0, 0.05) is 0 Å². The maximum Gasteiger partial charge on any atom is 0.328 e. The number of azo groups is 1. The molecule has 0 aliphatic rings. The van der Waals surface area contributed by atoms with Crippen molar-refractivity contribution in [3.63, 3.8) is 0 Å². The highest BCUT2D eigenvalue weighted by Crippen LogP contribution is 2.25. The van der Waals surface area contributed by atoms with Crippen LogP contribution in [0.1, 0.15) is 5.56 Å². The molecule has 8 nitrogen and oxygen atoms in total. The van der Waals surface area contributed by atoms with Crippen molar-refractivity contribution in [1.29, 1.82) is 0 Å². The fourth-order valence-corrected chi connectivity index (χ4v) is 1.42. The van der Waals surface area contributed by atoms with Gasteiger partial charge in [0.2, 0.25) is 11.6 Å². The molecule has 2 rings (SSSR count). The van der Waals surface area contributed by atoms with Crippen LogP contribution in [0.4, 0.5) is 11.4 Å². The fraction of sp³-hybridized carbons (Fsp3) is 0.0909. The average Bonchev–Trinajstić information content (AvgIpc) is 2.30. The number of aromatic nitrogens is 2. The standard InChI is InChI=1S/C11H10N4O4/c1-5-4-6(16)2-3-7(5)14-15-8-9(17)12-11(19)13-10(8)18/h2-4,16H,1H3,(H3,12,13,17,18,19). The number of aromatic hydroxyl groups is 2. The Hall–Kier alpha value is -2.90. The van der Waals surface area contributed by atoms with Gasteiger partial charge < -0.3 is 10.2 Å². The van der Waals surface area contributed by atoms with Crippen LogP contribution in [-0.4, -0.2) is 20.2 Å². The van der Waals surface area contributed by atoms with Gasteiger partial charge in [0.25, 0.3) is 5.56 Å². The summed E-state index contributed by atoms with van der Waals surface area (Å²) in [6, 6.07) is 4.40. The Kier molecular flexibility index (Phi) is 3.15. The number of hydrogen-bond donors (Lipinski definition) is 4. The normalized spacial score (nSPS) is 11.0. The van der Waals surface area contributed by atoms with E-state index in [0.29, 0.717) is 11.3 Å². The molecule has 0 amide bonds. The van der Waals surface area contributed by atoms with Crippen LogP contribution in [0.5, 0.6) is 11.6 Å². The molecule has 1 aromatic heterocycles. The Balaban J connectivity index is 2.44. The van der Waals surface area contributed by atoms with Crippen molar-refractivity contribution in [2.75, 3.05) is 0 Å². The molecule has 0 atom stereocenters. The zero-order valence-corrected chi connectivity index (χ0v) is 9.84. The lowest BCUT2D eigenvalue weighted by Crippen LogP contribution is -2.20. The lowest BCUT2D eigenvalue weighted by Gasteiger charge is -1.99. The summed E-state index contributed by atoms with van der Waals surface area (Å²) in [5.74, 6) is -0.574. The molecule has 0 fully saturated rings. The van der Waals surface area contributed by atoms with E-state index in [4.69, 9.17) is 0 Å². The SMILES string of the molecule is Cc1cc(O)ccc1N=Nc1c(O)[nH]c(=O)[nH]c1=O. The van der Waals surface area contributed by atoms with E-state index in [1.807, 2.05) is 9.97 Å². The minimum Gasteiger partial charge on any atom is -0.508 e. The van der Waals surface area contributed by atoms with E-state index < -0.39 is 22.8 Å². The monoisotopic (exact) mass is 262 g/mol. The Bertz CT molecular complexity index is 760. The van der Waals surface area contributed by atoms with Gasteiger partial charge in [-0.1, -0.05) is 0 Å². The second kappa shape index (κ2) is 4.77. The number of aromatic amines is 2. The molecule has 1 heterocycles.